The molecule has 1 aromatic rings. The maximum absolute atomic E-state index is 10.5. The first-order valence-electron chi connectivity index (χ1n) is 3.69. The molecule has 13 heavy (non-hydrogen) atoms. The van der Waals surface area contributed by atoms with Gasteiger partial charge in [0.05, 0.1) is 0 Å². The predicted molar refractivity (Wildman–Crippen MR) is 48.8 cm³/mol. The first-order chi connectivity index (χ1) is 6.02. The van der Waals surface area contributed by atoms with Crippen molar-refractivity contribution < 1.29 is 15.0 Å². The van der Waals surface area contributed by atoms with Gasteiger partial charge in [-0.2, -0.15) is 0 Å². The fraction of sp³-hybridized carbons (Fsp3) is 0.222. The topological polar surface area (TPSA) is 57.5 Å². The third-order valence-corrected chi connectivity index (χ3v) is 2.00. The normalized spacial score (nSPS) is 12.5. The van der Waals surface area contributed by atoms with Crippen LogP contribution < -0.4 is 0 Å². The van der Waals surface area contributed by atoms with Gasteiger partial charge in [-0.15, -0.1) is 0 Å². The zero-order chi connectivity index (χ0) is 10.0. The summed E-state index contributed by atoms with van der Waals surface area (Å²) in [7, 11) is 0. The van der Waals surface area contributed by atoms with Gasteiger partial charge in [-0.1, -0.05) is 17.7 Å². The van der Waals surface area contributed by atoms with E-state index in [1.54, 1.807) is 19.1 Å². The largest absolute Gasteiger partial charge is 0.479 e. The molecular weight excluding hydrogens is 192 g/mol. The van der Waals surface area contributed by atoms with Gasteiger partial charge in [0.2, 0.25) is 0 Å². The van der Waals surface area contributed by atoms with Crippen molar-refractivity contribution in [3.8, 4) is 0 Å². The van der Waals surface area contributed by atoms with Gasteiger partial charge >= 0.3 is 5.97 Å². The highest BCUT2D eigenvalue weighted by atomic mass is 35.5. The molecule has 3 nitrogen and oxygen atoms in total. The van der Waals surface area contributed by atoms with Gasteiger partial charge in [-0.3, -0.25) is 0 Å². The Bertz CT molecular complexity index is 336. The van der Waals surface area contributed by atoms with Crippen molar-refractivity contribution in [1.82, 2.24) is 0 Å². The van der Waals surface area contributed by atoms with E-state index >= 15 is 0 Å². The highest BCUT2D eigenvalue weighted by molar-refractivity contribution is 6.30. The lowest BCUT2D eigenvalue weighted by atomic mass is 10.0. The van der Waals surface area contributed by atoms with Crippen LogP contribution in [-0.2, 0) is 4.79 Å². The first-order valence-corrected chi connectivity index (χ1v) is 4.07. The monoisotopic (exact) mass is 200 g/mol. The van der Waals surface area contributed by atoms with E-state index in [0.29, 0.717) is 16.1 Å². The van der Waals surface area contributed by atoms with Crippen molar-refractivity contribution in [3.05, 3.63) is 34.3 Å². The number of hydrogen-bond donors (Lipinski definition) is 2. The van der Waals surface area contributed by atoms with Crippen LogP contribution in [0.1, 0.15) is 17.2 Å². The lowest BCUT2D eigenvalue weighted by molar-refractivity contribution is -0.147. The summed E-state index contributed by atoms with van der Waals surface area (Å²) in [6.45, 7) is 1.72. The fourth-order valence-electron chi connectivity index (χ4n) is 1.04. The number of hydrogen-bond acceptors (Lipinski definition) is 2. The summed E-state index contributed by atoms with van der Waals surface area (Å²) >= 11 is 5.66. The third kappa shape index (κ3) is 2.20. The summed E-state index contributed by atoms with van der Waals surface area (Å²) in [4.78, 5) is 10.5. The predicted octanol–water partition coefficient (Wildman–Crippen LogP) is 1.77. The molecule has 0 aliphatic heterocycles. The molecule has 0 amide bonds. The van der Waals surface area contributed by atoms with E-state index in [2.05, 4.69) is 0 Å². The van der Waals surface area contributed by atoms with Gasteiger partial charge in [0.15, 0.2) is 6.10 Å². The summed E-state index contributed by atoms with van der Waals surface area (Å²) in [6.07, 6.45) is -1.50. The van der Waals surface area contributed by atoms with Gasteiger partial charge < -0.3 is 10.2 Å². The number of carboxylic acids is 1. The van der Waals surface area contributed by atoms with Crippen molar-refractivity contribution in [1.29, 1.82) is 0 Å². The van der Waals surface area contributed by atoms with Crippen LogP contribution in [0.4, 0.5) is 0 Å². The van der Waals surface area contributed by atoms with Gasteiger partial charge in [0, 0.05) is 5.02 Å². The minimum atomic E-state index is -1.50. The van der Waals surface area contributed by atoms with Crippen LogP contribution in [0.3, 0.4) is 0 Å². The molecule has 0 heterocycles. The van der Waals surface area contributed by atoms with Crippen molar-refractivity contribution in [2.24, 2.45) is 0 Å². The minimum absolute atomic E-state index is 0.333. The second-order valence-electron chi connectivity index (χ2n) is 2.74. The Labute approximate surface area is 80.6 Å². The number of aliphatic hydroxyl groups is 1. The number of benzene rings is 1. The Balaban J connectivity index is 3.12. The highest BCUT2D eigenvalue weighted by Gasteiger charge is 2.17. The lowest BCUT2D eigenvalue weighted by Gasteiger charge is -2.09. The van der Waals surface area contributed by atoms with Crippen LogP contribution in [0.15, 0.2) is 18.2 Å². The first kappa shape index (κ1) is 10.0. The average molecular weight is 201 g/mol. The molecule has 1 aromatic carbocycles. The second-order valence-corrected chi connectivity index (χ2v) is 3.18. The molecule has 0 fully saturated rings. The van der Waals surface area contributed by atoms with E-state index in [9.17, 15) is 9.90 Å². The van der Waals surface area contributed by atoms with Gasteiger partial charge in [-0.05, 0) is 30.2 Å². The van der Waals surface area contributed by atoms with E-state index < -0.39 is 12.1 Å². The smallest absolute Gasteiger partial charge is 0.337 e. The Hall–Kier alpha value is -1.06. The van der Waals surface area contributed by atoms with E-state index in [-0.39, 0.29) is 0 Å². The Morgan fingerprint density at radius 3 is 2.69 bits per heavy atom. The van der Waals surface area contributed by atoms with Crippen LogP contribution in [0.2, 0.25) is 5.02 Å². The molecule has 4 heteroatoms. The number of aliphatic carboxylic acids is 1. The molecule has 0 saturated carbocycles. The van der Waals surface area contributed by atoms with E-state index in [1.165, 1.54) is 6.07 Å². The van der Waals surface area contributed by atoms with Crippen LogP contribution in [-0.4, -0.2) is 16.2 Å². The maximum Gasteiger partial charge on any atom is 0.337 e. The molecule has 0 aliphatic rings. The third-order valence-electron chi connectivity index (χ3n) is 1.77. The Morgan fingerprint density at radius 1 is 1.54 bits per heavy atom. The zero-order valence-electron chi connectivity index (χ0n) is 6.99. The summed E-state index contributed by atoms with van der Waals surface area (Å²) in [5.41, 5.74) is 1.04. The molecule has 1 atom stereocenters. The number of rotatable bonds is 2. The molecular formula is C9H9ClO3. The highest BCUT2D eigenvalue weighted by Crippen LogP contribution is 2.21. The molecule has 0 aromatic heterocycles. The van der Waals surface area contributed by atoms with Crippen molar-refractivity contribution in [2.75, 3.05) is 0 Å². The SMILES string of the molecule is Cc1ccc(Cl)cc1C(O)C(=O)O. The number of carboxylic acid groups (broad SMARTS) is 1. The Morgan fingerprint density at radius 2 is 2.15 bits per heavy atom. The standard InChI is InChI=1S/C9H9ClO3/c1-5-2-3-6(10)4-7(5)8(11)9(12)13/h2-4,8,11H,1H3,(H,12,13). The lowest BCUT2D eigenvalue weighted by Crippen LogP contribution is -2.11. The average Bonchev–Trinajstić information content (AvgIpc) is 2.08. The van der Waals surface area contributed by atoms with Crippen LogP contribution in [0.5, 0.6) is 0 Å². The van der Waals surface area contributed by atoms with Crippen LogP contribution >= 0.6 is 11.6 Å². The van der Waals surface area contributed by atoms with E-state index in [1.807, 2.05) is 0 Å². The van der Waals surface area contributed by atoms with Gasteiger partial charge in [0.1, 0.15) is 0 Å². The molecule has 2 N–H and O–H groups in total. The molecule has 0 spiro atoms. The number of aryl methyl sites for hydroxylation is 1. The molecule has 1 unspecified atom stereocenters. The molecule has 0 saturated heterocycles. The molecule has 1 rings (SSSR count). The molecule has 0 aliphatic carbocycles. The fourth-order valence-corrected chi connectivity index (χ4v) is 1.22. The summed E-state index contributed by atoms with van der Waals surface area (Å²) in [6, 6.07) is 4.77. The summed E-state index contributed by atoms with van der Waals surface area (Å²) in [5, 5.41) is 18.2. The molecule has 70 valence electrons. The maximum atomic E-state index is 10.5. The molecule has 0 bridgehead atoms. The minimum Gasteiger partial charge on any atom is -0.479 e. The van der Waals surface area contributed by atoms with Crippen molar-refractivity contribution in [2.45, 2.75) is 13.0 Å². The number of aliphatic hydroxyl groups excluding tert-OH is 1. The van der Waals surface area contributed by atoms with Crippen LogP contribution in [0.25, 0.3) is 0 Å². The number of carbonyl (C=O) groups is 1. The van der Waals surface area contributed by atoms with Crippen molar-refractivity contribution >= 4 is 17.6 Å². The van der Waals surface area contributed by atoms with E-state index in [0.717, 1.165) is 0 Å². The summed E-state index contributed by atoms with van der Waals surface area (Å²) in [5.74, 6) is -1.27. The second kappa shape index (κ2) is 3.77. The summed E-state index contributed by atoms with van der Waals surface area (Å²) < 4.78 is 0. The number of halogens is 1. The van der Waals surface area contributed by atoms with Gasteiger partial charge in [0.25, 0.3) is 0 Å². The van der Waals surface area contributed by atoms with E-state index in [4.69, 9.17) is 16.7 Å². The van der Waals surface area contributed by atoms with Gasteiger partial charge in [-0.25, -0.2) is 4.79 Å². The van der Waals surface area contributed by atoms with Crippen molar-refractivity contribution in [3.63, 3.8) is 0 Å². The van der Waals surface area contributed by atoms with Crippen LogP contribution in [0, 0.1) is 6.92 Å². The molecule has 0 radical (unpaired) electrons. The zero-order valence-corrected chi connectivity index (χ0v) is 7.75. The Kier molecular flexibility index (Phi) is 2.90. The quantitative estimate of drug-likeness (QED) is 0.765.